The highest BCUT2D eigenvalue weighted by Crippen LogP contribution is 2.43. The van der Waals surface area contributed by atoms with Gasteiger partial charge in [-0.2, -0.15) is 5.10 Å². The monoisotopic (exact) mass is 364 g/mol. The quantitative estimate of drug-likeness (QED) is 0.489. The number of H-pyrrole nitrogens is 1. The second kappa shape index (κ2) is 5.79. The largest absolute Gasteiger partial charge is 0.374 e. The van der Waals surface area contributed by atoms with Crippen LogP contribution in [0.2, 0.25) is 0 Å². The van der Waals surface area contributed by atoms with Crippen LogP contribution in [0, 0.1) is 0 Å². The maximum Gasteiger partial charge on any atom is 0.138 e. The van der Waals surface area contributed by atoms with E-state index in [1.807, 2.05) is 6.20 Å². The normalized spacial score (nSPS) is 15.1. The number of para-hydroxylation sites is 1. The van der Waals surface area contributed by atoms with Crippen LogP contribution in [-0.2, 0) is 0 Å². The van der Waals surface area contributed by atoms with E-state index < -0.39 is 0 Å². The lowest BCUT2D eigenvalue weighted by Gasteiger charge is -2.20. The number of pyridine rings is 1. The van der Waals surface area contributed by atoms with E-state index >= 15 is 0 Å². The Morgan fingerprint density at radius 2 is 1.82 bits per heavy atom. The molecular weight excluding hydrogens is 348 g/mol. The molecule has 0 saturated heterocycles. The Hall–Kier alpha value is -3.93. The highest BCUT2D eigenvalue weighted by atomic mass is 15.3. The van der Waals surface area contributed by atoms with E-state index in [0.29, 0.717) is 0 Å². The molecule has 0 saturated carbocycles. The van der Waals surface area contributed by atoms with Crippen LogP contribution in [0.3, 0.4) is 0 Å². The topological polar surface area (TPSA) is 71.4 Å². The number of hydrogen-bond acceptors (Lipinski definition) is 4. The van der Waals surface area contributed by atoms with Gasteiger partial charge in [-0.15, -0.1) is 0 Å². The summed E-state index contributed by atoms with van der Waals surface area (Å²) < 4.78 is 1.76. The molecule has 2 N–H and O–H groups in total. The third-order valence-corrected chi connectivity index (χ3v) is 5.34. The van der Waals surface area contributed by atoms with E-state index in [1.165, 1.54) is 34.0 Å². The Morgan fingerprint density at radius 3 is 2.68 bits per heavy atom. The maximum atomic E-state index is 4.53. The van der Waals surface area contributed by atoms with Gasteiger partial charge >= 0.3 is 0 Å². The number of aromatic nitrogens is 5. The van der Waals surface area contributed by atoms with Crippen LogP contribution in [-0.4, -0.2) is 24.7 Å². The first-order valence-corrected chi connectivity index (χ1v) is 9.15. The molecule has 6 nitrogen and oxygen atoms in total. The SMILES string of the molecule is c1ccc2c(c1)NC(c1ccc(-n3cncn3)cc1)c1c[nH]c3nccc-2c13. The zero-order valence-electron chi connectivity index (χ0n) is 14.9. The molecule has 0 spiro atoms. The first-order chi connectivity index (χ1) is 13.9. The first-order valence-electron chi connectivity index (χ1n) is 9.15. The molecule has 1 aliphatic rings. The predicted molar refractivity (Wildman–Crippen MR) is 108 cm³/mol. The van der Waals surface area contributed by atoms with Crippen molar-refractivity contribution in [1.82, 2.24) is 24.7 Å². The number of hydrogen-bond donors (Lipinski definition) is 2. The fraction of sp³-hybridized carbons (Fsp3) is 0.0455. The van der Waals surface area contributed by atoms with Crippen molar-refractivity contribution < 1.29 is 0 Å². The molecule has 1 unspecified atom stereocenters. The lowest BCUT2D eigenvalue weighted by molar-refractivity contribution is 0.874. The molecule has 5 aromatic rings. The van der Waals surface area contributed by atoms with E-state index in [-0.39, 0.29) is 6.04 Å². The second-order valence-corrected chi connectivity index (χ2v) is 6.88. The molecule has 0 fully saturated rings. The van der Waals surface area contributed by atoms with Gasteiger partial charge in [-0.1, -0.05) is 30.3 Å². The minimum absolute atomic E-state index is 0.0187. The van der Waals surface area contributed by atoms with Crippen molar-refractivity contribution in [2.45, 2.75) is 6.04 Å². The number of fused-ring (bicyclic) bond motifs is 2. The van der Waals surface area contributed by atoms with Gasteiger partial charge < -0.3 is 10.3 Å². The van der Waals surface area contributed by atoms with Crippen molar-refractivity contribution in [2.75, 3.05) is 5.32 Å². The van der Waals surface area contributed by atoms with Gasteiger partial charge in [0.1, 0.15) is 18.3 Å². The van der Waals surface area contributed by atoms with Crippen molar-refractivity contribution in [2.24, 2.45) is 0 Å². The summed E-state index contributed by atoms with van der Waals surface area (Å²) in [6.07, 6.45) is 7.17. The Labute approximate surface area is 160 Å². The average molecular weight is 364 g/mol. The molecule has 0 bridgehead atoms. The molecular formula is C22H16N6. The minimum atomic E-state index is 0.0187. The van der Waals surface area contributed by atoms with Crippen LogP contribution in [0.25, 0.3) is 27.8 Å². The predicted octanol–water partition coefficient (Wildman–Crippen LogP) is 4.33. The van der Waals surface area contributed by atoms with E-state index in [4.69, 9.17) is 0 Å². The zero-order chi connectivity index (χ0) is 18.5. The van der Waals surface area contributed by atoms with E-state index in [1.54, 1.807) is 11.0 Å². The van der Waals surface area contributed by atoms with Crippen LogP contribution >= 0.6 is 0 Å². The summed E-state index contributed by atoms with van der Waals surface area (Å²) in [5.41, 5.74) is 7.78. The Kier molecular flexibility index (Phi) is 3.13. The third-order valence-electron chi connectivity index (χ3n) is 5.34. The molecule has 2 aromatic carbocycles. The molecule has 1 aliphatic heterocycles. The molecule has 6 heteroatoms. The van der Waals surface area contributed by atoms with Gasteiger partial charge in [0.2, 0.25) is 0 Å². The number of nitrogens with one attached hydrogen (secondary N) is 2. The summed E-state index contributed by atoms with van der Waals surface area (Å²) >= 11 is 0. The van der Waals surface area contributed by atoms with Crippen molar-refractivity contribution in [3.63, 3.8) is 0 Å². The standard InChI is InChI=1S/C22H16N6/c1-2-4-19-16(3-1)17-9-10-24-22-20(17)18(11-25-22)21(27-19)14-5-7-15(8-6-14)28-13-23-12-26-28/h1-13,21,27H,(H,24,25). The van der Waals surface area contributed by atoms with E-state index in [9.17, 15) is 0 Å². The van der Waals surface area contributed by atoms with Crippen molar-refractivity contribution in [3.8, 4) is 16.8 Å². The number of benzene rings is 2. The van der Waals surface area contributed by atoms with Gasteiger partial charge in [-0.25, -0.2) is 14.6 Å². The van der Waals surface area contributed by atoms with E-state index in [2.05, 4.69) is 86.2 Å². The van der Waals surface area contributed by atoms with Crippen LogP contribution in [0.15, 0.2) is 79.6 Å². The smallest absolute Gasteiger partial charge is 0.138 e. The van der Waals surface area contributed by atoms with Crippen molar-refractivity contribution in [1.29, 1.82) is 0 Å². The molecule has 28 heavy (non-hydrogen) atoms. The van der Waals surface area contributed by atoms with Crippen LogP contribution in [0.1, 0.15) is 17.2 Å². The fourth-order valence-corrected chi connectivity index (χ4v) is 4.03. The zero-order valence-corrected chi connectivity index (χ0v) is 14.9. The molecule has 0 radical (unpaired) electrons. The fourth-order valence-electron chi connectivity index (χ4n) is 4.03. The number of rotatable bonds is 2. The molecule has 3 aromatic heterocycles. The summed E-state index contributed by atoms with van der Waals surface area (Å²) in [7, 11) is 0. The lowest BCUT2D eigenvalue weighted by Crippen LogP contribution is -2.11. The lowest BCUT2D eigenvalue weighted by atomic mass is 9.97. The summed E-state index contributed by atoms with van der Waals surface area (Å²) in [6, 6.07) is 18.9. The first kappa shape index (κ1) is 15.2. The van der Waals surface area contributed by atoms with Gasteiger partial charge in [-0.3, -0.25) is 0 Å². The highest BCUT2D eigenvalue weighted by molar-refractivity contribution is 6.01. The summed E-state index contributed by atoms with van der Waals surface area (Å²) in [5, 5.41) is 9.11. The maximum absolute atomic E-state index is 4.53. The molecule has 0 amide bonds. The van der Waals surface area contributed by atoms with Gasteiger partial charge in [-0.05, 0) is 35.4 Å². The van der Waals surface area contributed by atoms with Crippen LogP contribution < -0.4 is 5.32 Å². The van der Waals surface area contributed by atoms with Gasteiger partial charge in [0.25, 0.3) is 0 Å². The Balaban J connectivity index is 1.54. The summed E-state index contributed by atoms with van der Waals surface area (Å²) in [6.45, 7) is 0. The van der Waals surface area contributed by atoms with Crippen LogP contribution in [0.4, 0.5) is 5.69 Å². The molecule has 4 heterocycles. The highest BCUT2D eigenvalue weighted by Gasteiger charge is 2.25. The number of nitrogens with zero attached hydrogens (tertiary/aromatic N) is 4. The van der Waals surface area contributed by atoms with Crippen molar-refractivity contribution in [3.05, 3.63) is 90.8 Å². The minimum Gasteiger partial charge on any atom is -0.374 e. The summed E-state index contributed by atoms with van der Waals surface area (Å²) in [5.74, 6) is 0. The molecule has 6 rings (SSSR count). The van der Waals surface area contributed by atoms with Crippen molar-refractivity contribution >= 4 is 16.7 Å². The third kappa shape index (κ3) is 2.18. The van der Waals surface area contributed by atoms with Gasteiger partial charge in [0.15, 0.2) is 0 Å². The van der Waals surface area contributed by atoms with E-state index in [0.717, 1.165) is 17.0 Å². The number of aromatic amines is 1. The van der Waals surface area contributed by atoms with Crippen LogP contribution in [0.5, 0.6) is 0 Å². The Bertz CT molecular complexity index is 1280. The molecule has 0 aliphatic carbocycles. The average Bonchev–Trinajstić information content (AvgIpc) is 3.40. The molecule has 1 atom stereocenters. The Morgan fingerprint density at radius 1 is 0.929 bits per heavy atom. The second-order valence-electron chi connectivity index (χ2n) is 6.88. The molecule has 134 valence electrons. The van der Waals surface area contributed by atoms with Gasteiger partial charge in [0.05, 0.1) is 11.7 Å². The van der Waals surface area contributed by atoms with Gasteiger partial charge in [0, 0.05) is 34.6 Å². The summed E-state index contributed by atoms with van der Waals surface area (Å²) in [4.78, 5) is 11.9. The number of anilines is 1.